The molecule has 0 N–H and O–H groups in total. The van der Waals surface area contributed by atoms with Gasteiger partial charge in [0, 0.05) is 18.1 Å². The topological polar surface area (TPSA) is 60.7 Å². The molecule has 2 heterocycles. The van der Waals surface area contributed by atoms with E-state index in [0.717, 1.165) is 10.7 Å². The lowest BCUT2D eigenvalue weighted by Gasteiger charge is -1.98. The number of carbonyl (C=O) groups is 1. The first kappa shape index (κ1) is 10.9. The summed E-state index contributed by atoms with van der Waals surface area (Å²) in [6.07, 6.45) is 2.15. The summed E-state index contributed by atoms with van der Waals surface area (Å²) in [4.78, 5) is 20.0. The van der Waals surface area contributed by atoms with Crippen molar-refractivity contribution in [2.24, 2.45) is 7.05 Å². The number of ketones is 1. The Kier molecular flexibility index (Phi) is 3.09. The molecular weight excluding hydrogens is 224 g/mol. The minimum absolute atomic E-state index is 0.116. The van der Waals surface area contributed by atoms with Crippen molar-refractivity contribution < 1.29 is 4.79 Å². The molecule has 0 spiro atoms. The van der Waals surface area contributed by atoms with Crippen molar-refractivity contribution >= 4 is 17.1 Å². The normalized spacial score (nSPS) is 10.6. The van der Waals surface area contributed by atoms with Gasteiger partial charge in [-0.1, -0.05) is 0 Å². The van der Waals surface area contributed by atoms with Crippen LogP contribution >= 0.6 is 11.3 Å². The maximum Gasteiger partial charge on any atom is 0.147 e. The SMILES string of the molecule is Cc1csc(CC(=O)Cc2ncnn2C)n1. The predicted molar refractivity (Wildman–Crippen MR) is 60.3 cm³/mol. The highest BCUT2D eigenvalue weighted by atomic mass is 32.1. The van der Waals surface area contributed by atoms with Gasteiger partial charge in [0.25, 0.3) is 0 Å². The summed E-state index contributed by atoms with van der Waals surface area (Å²) in [5, 5.41) is 6.74. The van der Waals surface area contributed by atoms with Crippen LogP contribution in [0.4, 0.5) is 0 Å². The molecule has 0 radical (unpaired) electrons. The third-order valence-electron chi connectivity index (χ3n) is 2.18. The molecule has 0 unspecified atom stereocenters. The molecule has 0 atom stereocenters. The Labute approximate surface area is 97.2 Å². The quantitative estimate of drug-likeness (QED) is 0.792. The van der Waals surface area contributed by atoms with Crippen LogP contribution in [0.1, 0.15) is 16.5 Å². The Hall–Kier alpha value is -1.56. The van der Waals surface area contributed by atoms with E-state index < -0.39 is 0 Å². The van der Waals surface area contributed by atoms with E-state index in [-0.39, 0.29) is 5.78 Å². The van der Waals surface area contributed by atoms with Gasteiger partial charge in [0.05, 0.1) is 12.8 Å². The summed E-state index contributed by atoms with van der Waals surface area (Å²) in [7, 11) is 1.78. The molecule has 0 aliphatic heterocycles. The standard InChI is InChI=1S/C10H12N4OS/c1-7-5-16-10(13-7)4-8(15)3-9-11-6-12-14(9)2/h5-6H,3-4H2,1-2H3. The number of Topliss-reactive ketones (excluding diaryl/α,β-unsaturated/α-hetero) is 1. The van der Waals surface area contributed by atoms with E-state index in [2.05, 4.69) is 15.1 Å². The molecule has 0 saturated heterocycles. The summed E-state index contributed by atoms with van der Waals surface area (Å²) < 4.78 is 1.62. The van der Waals surface area contributed by atoms with E-state index >= 15 is 0 Å². The first-order valence-corrected chi connectivity index (χ1v) is 5.78. The highest BCUT2D eigenvalue weighted by Gasteiger charge is 2.10. The third kappa shape index (κ3) is 2.52. The van der Waals surface area contributed by atoms with Crippen LogP contribution in [-0.2, 0) is 24.7 Å². The van der Waals surface area contributed by atoms with Crippen LogP contribution in [0.25, 0.3) is 0 Å². The highest BCUT2D eigenvalue weighted by molar-refractivity contribution is 7.09. The lowest BCUT2D eigenvalue weighted by Crippen LogP contribution is -2.11. The van der Waals surface area contributed by atoms with E-state index in [1.807, 2.05) is 12.3 Å². The summed E-state index contributed by atoms with van der Waals surface area (Å²) in [6, 6.07) is 0. The van der Waals surface area contributed by atoms with Gasteiger partial charge in [-0.25, -0.2) is 9.97 Å². The fourth-order valence-electron chi connectivity index (χ4n) is 1.37. The monoisotopic (exact) mass is 236 g/mol. The first-order chi connectivity index (χ1) is 7.65. The van der Waals surface area contributed by atoms with Gasteiger partial charge in [0.15, 0.2) is 0 Å². The molecule has 5 nitrogen and oxygen atoms in total. The van der Waals surface area contributed by atoms with Gasteiger partial charge in [0.1, 0.15) is 22.9 Å². The van der Waals surface area contributed by atoms with Gasteiger partial charge in [-0.15, -0.1) is 11.3 Å². The van der Waals surface area contributed by atoms with Crippen LogP contribution in [0.15, 0.2) is 11.7 Å². The maximum atomic E-state index is 11.7. The molecule has 0 saturated carbocycles. The van der Waals surface area contributed by atoms with E-state index in [1.165, 1.54) is 17.7 Å². The zero-order valence-corrected chi connectivity index (χ0v) is 9.99. The molecule has 2 aromatic heterocycles. The van der Waals surface area contributed by atoms with Crippen molar-refractivity contribution in [3.05, 3.63) is 28.2 Å². The molecule has 0 amide bonds. The molecule has 0 aliphatic rings. The number of thiazole rings is 1. The maximum absolute atomic E-state index is 11.7. The summed E-state index contributed by atoms with van der Waals surface area (Å²) in [6.45, 7) is 1.92. The largest absolute Gasteiger partial charge is 0.299 e. The summed E-state index contributed by atoms with van der Waals surface area (Å²) >= 11 is 1.52. The van der Waals surface area contributed by atoms with E-state index in [9.17, 15) is 4.79 Å². The minimum atomic E-state index is 0.116. The van der Waals surface area contributed by atoms with Crippen LogP contribution in [0, 0.1) is 6.92 Å². The van der Waals surface area contributed by atoms with Crippen molar-refractivity contribution in [1.29, 1.82) is 0 Å². The van der Waals surface area contributed by atoms with E-state index in [1.54, 1.807) is 11.7 Å². The van der Waals surface area contributed by atoms with Crippen LogP contribution in [0.3, 0.4) is 0 Å². The van der Waals surface area contributed by atoms with Crippen LogP contribution in [0.2, 0.25) is 0 Å². The zero-order valence-electron chi connectivity index (χ0n) is 9.17. The Morgan fingerprint density at radius 2 is 2.31 bits per heavy atom. The molecule has 2 rings (SSSR count). The summed E-state index contributed by atoms with van der Waals surface area (Å²) in [5.41, 5.74) is 0.964. The lowest BCUT2D eigenvalue weighted by atomic mass is 10.2. The molecule has 84 valence electrons. The molecule has 0 bridgehead atoms. The van der Waals surface area contributed by atoms with Crippen molar-refractivity contribution in [1.82, 2.24) is 19.7 Å². The number of aromatic nitrogens is 4. The lowest BCUT2D eigenvalue weighted by molar-refractivity contribution is -0.117. The van der Waals surface area contributed by atoms with Gasteiger partial charge in [-0.3, -0.25) is 9.48 Å². The van der Waals surface area contributed by atoms with E-state index in [0.29, 0.717) is 18.7 Å². The number of nitrogens with zero attached hydrogens (tertiary/aromatic N) is 4. The van der Waals surface area contributed by atoms with Crippen LogP contribution in [-0.4, -0.2) is 25.5 Å². The minimum Gasteiger partial charge on any atom is -0.299 e. The average molecular weight is 236 g/mol. The first-order valence-electron chi connectivity index (χ1n) is 4.90. The molecule has 0 fully saturated rings. The van der Waals surface area contributed by atoms with Crippen molar-refractivity contribution in [3.63, 3.8) is 0 Å². The molecule has 16 heavy (non-hydrogen) atoms. The smallest absolute Gasteiger partial charge is 0.147 e. The zero-order chi connectivity index (χ0) is 11.5. The van der Waals surface area contributed by atoms with Crippen LogP contribution in [0.5, 0.6) is 0 Å². The Bertz CT molecular complexity index is 502. The molecular formula is C10H12N4OS. The second-order valence-electron chi connectivity index (χ2n) is 3.57. The number of carbonyl (C=O) groups excluding carboxylic acids is 1. The van der Waals surface area contributed by atoms with Crippen molar-refractivity contribution in [2.75, 3.05) is 0 Å². The molecule has 0 aliphatic carbocycles. The summed E-state index contributed by atoms with van der Waals surface area (Å²) in [5.74, 6) is 0.809. The Morgan fingerprint density at radius 3 is 2.88 bits per heavy atom. The molecule has 2 aromatic rings. The van der Waals surface area contributed by atoms with Gasteiger partial charge < -0.3 is 0 Å². The fraction of sp³-hybridized carbons (Fsp3) is 0.400. The predicted octanol–water partition coefficient (Wildman–Crippen LogP) is 0.934. The number of hydrogen-bond acceptors (Lipinski definition) is 5. The third-order valence-corrected chi connectivity index (χ3v) is 3.14. The second kappa shape index (κ2) is 4.52. The van der Waals surface area contributed by atoms with Gasteiger partial charge in [-0.2, -0.15) is 5.10 Å². The second-order valence-corrected chi connectivity index (χ2v) is 4.52. The van der Waals surface area contributed by atoms with Crippen molar-refractivity contribution in [2.45, 2.75) is 19.8 Å². The van der Waals surface area contributed by atoms with Gasteiger partial charge in [0.2, 0.25) is 0 Å². The molecule has 0 aromatic carbocycles. The number of hydrogen-bond donors (Lipinski definition) is 0. The van der Waals surface area contributed by atoms with Crippen LogP contribution < -0.4 is 0 Å². The Morgan fingerprint density at radius 1 is 1.50 bits per heavy atom. The number of rotatable bonds is 4. The number of aryl methyl sites for hydroxylation is 2. The molecule has 6 heteroatoms. The van der Waals surface area contributed by atoms with E-state index in [4.69, 9.17) is 0 Å². The van der Waals surface area contributed by atoms with Crippen molar-refractivity contribution in [3.8, 4) is 0 Å². The average Bonchev–Trinajstić information content (AvgIpc) is 2.77. The van der Waals surface area contributed by atoms with Gasteiger partial charge in [-0.05, 0) is 6.92 Å². The highest BCUT2D eigenvalue weighted by Crippen LogP contribution is 2.10. The van der Waals surface area contributed by atoms with Gasteiger partial charge >= 0.3 is 0 Å². The fourth-order valence-corrected chi connectivity index (χ4v) is 2.17. The Balaban J connectivity index is 1.97.